The number of hydrogen-bond donors (Lipinski definition) is 2. The highest BCUT2D eigenvalue weighted by atomic mass is 32.2. The molecule has 0 aliphatic rings. The van der Waals surface area contributed by atoms with Crippen LogP contribution in [0, 0.1) is 0 Å². The summed E-state index contributed by atoms with van der Waals surface area (Å²) in [6.07, 6.45) is -3.66. The smallest absolute Gasteiger partial charge is 0.379 e. The van der Waals surface area contributed by atoms with Gasteiger partial charge in [-0.25, -0.2) is 4.98 Å². The monoisotopic (exact) mass is 431 g/mol. The van der Waals surface area contributed by atoms with E-state index < -0.39 is 11.7 Å². The van der Waals surface area contributed by atoms with Crippen LogP contribution in [0.25, 0.3) is 0 Å². The maximum atomic E-state index is 12.5. The molecule has 1 aromatic heterocycles. The van der Waals surface area contributed by atoms with Gasteiger partial charge in [0.25, 0.3) is 0 Å². The molecule has 30 heavy (non-hydrogen) atoms. The van der Waals surface area contributed by atoms with Crippen molar-refractivity contribution >= 4 is 29.0 Å². The number of nitrogens with one attached hydrogen (secondary N) is 2. The van der Waals surface area contributed by atoms with Gasteiger partial charge in [0.05, 0.1) is 16.3 Å². The van der Waals surface area contributed by atoms with E-state index in [-0.39, 0.29) is 17.7 Å². The standard InChI is InChI=1S/C22H20F3N3OS/c1-15(16-5-3-2-4-6-16)27-18-8-10-19(11-9-18)28-20(29)14-30-21-12-7-17(13-26-21)22(23,24)25/h2-13,15,27H,14H2,1H3,(H,28,29). The van der Waals surface area contributed by atoms with Crippen molar-refractivity contribution in [1.29, 1.82) is 0 Å². The highest BCUT2D eigenvalue weighted by Gasteiger charge is 2.30. The zero-order valence-corrected chi connectivity index (χ0v) is 16.9. The zero-order chi connectivity index (χ0) is 21.6. The predicted octanol–water partition coefficient (Wildman–Crippen LogP) is 6.00. The number of carbonyl (C=O) groups excluding carboxylic acids is 1. The molecule has 156 valence electrons. The topological polar surface area (TPSA) is 54.0 Å². The van der Waals surface area contributed by atoms with Crippen molar-refractivity contribution < 1.29 is 18.0 Å². The van der Waals surface area contributed by atoms with E-state index >= 15 is 0 Å². The molecule has 2 aromatic carbocycles. The first-order valence-corrected chi connectivity index (χ1v) is 10.2. The van der Waals surface area contributed by atoms with Crippen LogP contribution in [0.3, 0.4) is 0 Å². The molecule has 0 saturated heterocycles. The summed E-state index contributed by atoms with van der Waals surface area (Å²) in [6, 6.07) is 19.7. The largest absolute Gasteiger partial charge is 0.417 e. The number of alkyl halides is 3. The van der Waals surface area contributed by atoms with Gasteiger partial charge in [-0.2, -0.15) is 13.2 Å². The Hall–Kier alpha value is -3.00. The Balaban J connectivity index is 1.48. The molecule has 1 unspecified atom stereocenters. The van der Waals surface area contributed by atoms with E-state index in [0.29, 0.717) is 10.7 Å². The van der Waals surface area contributed by atoms with Crippen molar-refractivity contribution in [2.45, 2.75) is 24.2 Å². The summed E-state index contributed by atoms with van der Waals surface area (Å²) < 4.78 is 37.6. The molecule has 2 N–H and O–H groups in total. The molecule has 3 rings (SSSR count). The molecular weight excluding hydrogens is 411 g/mol. The fraction of sp³-hybridized carbons (Fsp3) is 0.182. The SMILES string of the molecule is CC(Nc1ccc(NC(=O)CSc2ccc(C(F)(F)F)cn2)cc1)c1ccccc1. The lowest BCUT2D eigenvalue weighted by Crippen LogP contribution is -2.14. The first-order chi connectivity index (χ1) is 14.3. The van der Waals surface area contributed by atoms with Gasteiger partial charge in [0.2, 0.25) is 5.91 Å². The Morgan fingerprint density at radius 1 is 1.00 bits per heavy atom. The number of benzene rings is 2. The summed E-state index contributed by atoms with van der Waals surface area (Å²) >= 11 is 1.07. The summed E-state index contributed by atoms with van der Waals surface area (Å²) in [5, 5.41) is 6.51. The number of nitrogens with zero attached hydrogens (tertiary/aromatic N) is 1. The number of halogens is 3. The summed E-state index contributed by atoms with van der Waals surface area (Å²) in [7, 11) is 0. The Bertz CT molecular complexity index is 962. The Kier molecular flexibility index (Phi) is 6.99. The van der Waals surface area contributed by atoms with Gasteiger partial charge in [0.15, 0.2) is 0 Å². The molecule has 1 amide bonds. The van der Waals surface area contributed by atoms with E-state index in [1.807, 2.05) is 30.3 Å². The highest BCUT2D eigenvalue weighted by molar-refractivity contribution is 7.99. The normalized spacial score (nSPS) is 12.3. The number of pyridine rings is 1. The predicted molar refractivity (Wildman–Crippen MR) is 114 cm³/mol. The molecule has 4 nitrogen and oxygen atoms in total. The van der Waals surface area contributed by atoms with Crippen molar-refractivity contribution in [3.63, 3.8) is 0 Å². The minimum atomic E-state index is -4.42. The fourth-order valence-electron chi connectivity index (χ4n) is 2.69. The average Bonchev–Trinajstić information content (AvgIpc) is 2.74. The quantitative estimate of drug-likeness (QED) is 0.450. The van der Waals surface area contributed by atoms with E-state index in [1.165, 1.54) is 11.6 Å². The van der Waals surface area contributed by atoms with Crippen LogP contribution < -0.4 is 10.6 Å². The second kappa shape index (κ2) is 9.67. The number of carbonyl (C=O) groups is 1. The Morgan fingerprint density at radius 3 is 2.27 bits per heavy atom. The van der Waals surface area contributed by atoms with Gasteiger partial charge in [-0.1, -0.05) is 42.1 Å². The first-order valence-electron chi connectivity index (χ1n) is 9.19. The molecule has 0 aliphatic carbocycles. The van der Waals surface area contributed by atoms with Gasteiger partial charge >= 0.3 is 6.18 Å². The van der Waals surface area contributed by atoms with Crippen molar-refractivity contribution in [3.8, 4) is 0 Å². The molecule has 0 bridgehead atoms. The zero-order valence-electron chi connectivity index (χ0n) is 16.1. The molecule has 3 aromatic rings. The fourth-order valence-corrected chi connectivity index (χ4v) is 3.34. The lowest BCUT2D eigenvalue weighted by molar-refractivity contribution is -0.137. The van der Waals surface area contributed by atoms with E-state index in [9.17, 15) is 18.0 Å². The van der Waals surface area contributed by atoms with E-state index in [1.54, 1.807) is 12.1 Å². The second-order valence-electron chi connectivity index (χ2n) is 6.57. The molecular formula is C22H20F3N3OS. The maximum Gasteiger partial charge on any atom is 0.417 e. The number of hydrogen-bond acceptors (Lipinski definition) is 4. The molecule has 0 aliphatic heterocycles. The van der Waals surface area contributed by atoms with Gasteiger partial charge < -0.3 is 10.6 Å². The minimum absolute atomic E-state index is 0.0450. The molecule has 1 heterocycles. The van der Waals surface area contributed by atoms with Gasteiger partial charge in [0, 0.05) is 23.6 Å². The Morgan fingerprint density at radius 2 is 1.67 bits per heavy atom. The molecule has 0 spiro atoms. The van der Waals surface area contributed by atoms with Crippen molar-refractivity contribution in [3.05, 3.63) is 84.1 Å². The van der Waals surface area contributed by atoms with Crippen molar-refractivity contribution in [2.24, 2.45) is 0 Å². The van der Waals surface area contributed by atoms with Crippen LogP contribution in [0.2, 0.25) is 0 Å². The van der Waals surface area contributed by atoms with Gasteiger partial charge in [-0.05, 0) is 48.9 Å². The highest BCUT2D eigenvalue weighted by Crippen LogP contribution is 2.29. The third-order valence-electron chi connectivity index (χ3n) is 4.27. The van der Waals surface area contributed by atoms with E-state index in [0.717, 1.165) is 29.7 Å². The lowest BCUT2D eigenvalue weighted by atomic mass is 10.1. The second-order valence-corrected chi connectivity index (χ2v) is 7.57. The summed E-state index contributed by atoms with van der Waals surface area (Å²) in [5.41, 5.74) is 1.92. The lowest BCUT2D eigenvalue weighted by Gasteiger charge is -2.16. The van der Waals surface area contributed by atoms with Crippen LogP contribution in [0.5, 0.6) is 0 Å². The van der Waals surface area contributed by atoms with Gasteiger partial charge in [-0.3, -0.25) is 4.79 Å². The van der Waals surface area contributed by atoms with Gasteiger partial charge in [0.1, 0.15) is 0 Å². The van der Waals surface area contributed by atoms with Crippen molar-refractivity contribution in [2.75, 3.05) is 16.4 Å². The molecule has 0 saturated carbocycles. The maximum absolute atomic E-state index is 12.5. The third kappa shape index (κ3) is 6.25. The van der Waals surface area contributed by atoms with Crippen LogP contribution in [-0.2, 0) is 11.0 Å². The third-order valence-corrected chi connectivity index (χ3v) is 5.21. The van der Waals surface area contributed by atoms with Gasteiger partial charge in [-0.15, -0.1) is 0 Å². The Labute approximate surface area is 176 Å². The van der Waals surface area contributed by atoms with Crippen molar-refractivity contribution in [1.82, 2.24) is 4.98 Å². The summed E-state index contributed by atoms with van der Waals surface area (Å²) in [6.45, 7) is 2.07. The average molecular weight is 431 g/mol. The minimum Gasteiger partial charge on any atom is -0.379 e. The van der Waals surface area contributed by atoms with Crippen LogP contribution in [0.15, 0.2) is 78.0 Å². The summed E-state index contributed by atoms with van der Waals surface area (Å²) in [4.78, 5) is 15.8. The number of anilines is 2. The summed E-state index contributed by atoms with van der Waals surface area (Å²) in [5.74, 6) is -0.219. The number of thioether (sulfide) groups is 1. The number of aromatic nitrogens is 1. The van der Waals surface area contributed by atoms with Crippen LogP contribution in [-0.4, -0.2) is 16.6 Å². The van der Waals surface area contributed by atoms with E-state index in [4.69, 9.17) is 0 Å². The van der Waals surface area contributed by atoms with Crippen LogP contribution in [0.1, 0.15) is 24.1 Å². The van der Waals surface area contributed by atoms with Crippen LogP contribution in [0.4, 0.5) is 24.5 Å². The molecule has 0 fully saturated rings. The molecule has 8 heteroatoms. The van der Waals surface area contributed by atoms with E-state index in [2.05, 4.69) is 34.7 Å². The number of rotatable bonds is 7. The molecule has 1 atom stereocenters. The molecule has 0 radical (unpaired) electrons. The van der Waals surface area contributed by atoms with Crippen LogP contribution >= 0.6 is 11.8 Å². The first kappa shape index (κ1) is 21.7. The number of amides is 1.